The summed E-state index contributed by atoms with van der Waals surface area (Å²) in [5.41, 5.74) is 6.89. The molecule has 1 N–H and O–H groups in total. The normalized spacial score (nSPS) is 15.9. The molecular formula is C30H31N3O2. The molecule has 0 radical (unpaired) electrons. The maximum atomic E-state index is 13.6. The fourth-order valence-electron chi connectivity index (χ4n) is 4.82. The standard InChI is InChI=1S/C30H31N3O2/c1-21-10-11-24(20-22(21)2)27-28(31-25-12-14-26(15-13-25)32-17-6-7-18-32)30(35)33(29(27)34)19-16-23-8-4-3-5-9-23/h3-5,8-15,20,31H,6-7,16-19H2,1-2H3. The lowest BCUT2D eigenvalue weighted by atomic mass is 9.99. The van der Waals surface area contributed by atoms with Gasteiger partial charge in [-0.1, -0.05) is 48.5 Å². The summed E-state index contributed by atoms with van der Waals surface area (Å²) in [6.07, 6.45) is 3.07. The molecule has 0 unspecified atom stereocenters. The molecule has 5 heteroatoms. The number of anilines is 2. The molecule has 2 aliphatic rings. The average Bonchev–Trinajstić information content (AvgIpc) is 3.49. The van der Waals surface area contributed by atoms with Crippen LogP contribution in [0.5, 0.6) is 0 Å². The highest BCUT2D eigenvalue weighted by Crippen LogP contribution is 2.32. The van der Waals surface area contributed by atoms with Gasteiger partial charge in [0, 0.05) is 31.0 Å². The SMILES string of the molecule is Cc1ccc(C2=C(Nc3ccc(N4CCCC4)cc3)C(=O)N(CCc3ccccc3)C2=O)cc1C. The summed E-state index contributed by atoms with van der Waals surface area (Å²) in [6.45, 7) is 6.58. The lowest BCUT2D eigenvalue weighted by Crippen LogP contribution is -2.34. The van der Waals surface area contributed by atoms with Gasteiger partial charge in [0.1, 0.15) is 5.70 Å². The van der Waals surface area contributed by atoms with Crippen LogP contribution in [0.2, 0.25) is 0 Å². The number of nitrogens with one attached hydrogen (secondary N) is 1. The topological polar surface area (TPSA) is 52.7 Å². The van der Waals surface area contributed by atoms with Gasteiger partial charge in [-0.3, -0.25) is 14.5 Å². The van der Waals surface area contributed by atoms with Gasteiger partial charge in [0.15, 0.2) is 0 Å². The van der Waals surface area contributed by atoms with E-state index in [1.54, 1.807) is 0 Å². The molecule has 2 aliphatic heterocycles. The minimum Gasteiger partial charge on any atom is -0.372 e. The maximum absolute atomic E-state index is 13.6. The van der Waals surface area contributed by atoms with Gasteiger partial charge >= 0.3 is 0 Å². The molecule has 5 rings (SSSR count). The fraction of sp³-hybridized carbons (Fsp3) is 0.267. The number of carbonyl (C=O) groups excluding carboxylic acids is 2. The van der Waals surface area contributed by atoms with Crippen molar-refractivity contribution in [2.45, 2.75) is 33.1 Å². The Morgan fingerprint density at radius 2 is 1.51 bits per heavy atom. The summed E-state index contributed by atoms with van der Waals surface area (Å²) in [4.78, 5) is 30.8. The summed E-state index contributed by atoms with van der Waals surface area (Å²) in [6, 6.07) is 24.0. The van der Waals surface area contributed by atoms with Crippen molar-refractivity contribution in [1.29, 1.82) is 0 Å². The highest BCUT2D eigenvalue weighted by molar-refractivity contribution is 6.36. The maximum Gasteiger partial charge on any atom is 0.278 e. The van der Waals surface area contributed by atoms with Crippen LogP contribution >= 0.6 is 0 Å². The smallest absolute Gasteiger partial charge is 0.278 e. The quantitative estimate of drug-likeness (QED) is 0.479. The number of carbonyl (C=O) groups is 2. The minimum atomic E-state index is -0.275. The molecule has 1 saturated heterocycles. The minimum absolute atomic E-state index is 0.245. The van der Waals surface area contributed by atoms with E-state index in [0.717, 1.165) is 41.0 Å². The summed E-state index contributed by atoms with van der Waals surface area (Å²) < 4.78 is 0. The van der Waals surface area contributed by atoms with Crippen LogP contribution in [-0.4, -0.2) is 36.3 Å². The Labute approximate surface area is 207 Å². The first-order valence-corrected chi connectivity index (χ1v) is 12.4. The second-order valence-electron chi connectivity index (χ2n) is 9.41. The van der Waals surface area contributed by atoms with Crippen LogP contribution in [0, 0.1) is 13.8 Å². The molecule has 0 atom stereocenters. The van der Waals surface area contributed by atoms with E-state index in [2.05, 4.69) is 22.3 Å². The van der Waals surface area contributed by atoms with E-state index in [0.29, 0.717) is 24.2 Å². The summed E-state index contributed by atoms with van der Waals surface area (Å²) in [7, 11) is 0. The monoisotopic (exact) mass is 465 g/mol. The van der Waals surface area contributed by atoms with E-state index in [1.807, 2.05) is 74.5 Å². The first-order chi connectivity index (χ1) is 17.0. The largest absolute Gasteiger partial charge is 0.372 e. The van der Waals surface area contributed by atoms with Crippen LogP contribution in [0.1, 0.15) is 35.1 Å². The number of nitrogens with zero attached hydrogens (tertiary/aromatic N) is 2. The van der Waals surface area contributed by atoms with Gasteiger partial charge in [0.05, 0.1) is 5.57 Å². The molecular weight excluding hydrogens is 434 g/mol. The molecule has 2 amide bonds. The van der Waals surface area contributed by atoms with E-state index in [9.17, 15) is 9.59 Å². The van der Waals surface area contributed by atoms with Crippen LogP contribution in [0.15, 0.2) is 78.5 Å². The van der Waals surface area contributed by atoms with E-state index in [4.69, 9.17) is 0 Å². The number of imide groups is 1. The molecule has 3 aromatic carbocycles. The molecule has 35 heavy (non-hydrogen) atoms. The Hall–Kier alpha value is -3.86. The van der Waals surface area contributed by atoms with Gasteiger partial charge in [0.25, 0.3) is 11.8 Å². The van der Waals surface area contributed by atoms with Gasteiger partial charge in [-0.25, -0.2) is 0 Å². The number of aryl methyl sites for hydroxylation is 2. The van der Waals surface area contributed by atoms with Gasteiger partial charge in [-0.15, -0.1) is 0 Å². The van der Waals surface area contributed by atoms with Crippen LogP contribution in [0.25, 0.3) is 5.57 Å². The van der Waals surface area contributed by atoms with Crippen LogP contribution < -0.4 is 10.2 Å². The Bertz CT molecular complexity index is 1270. The van der Waals surface area contributed by atoms with E-state index in [-0.39, 0.29) is 11.8 Å². The van der Waals surface area contributed by atoms with E-state index >= 15 is 0 Å². The predicted octanol–water partition coefficient (Wildman–Crippen LogP) is 5.34. The summed E-state index contributed by atoms with van der Waals surface area (Å²) in [5, 5.41) is 3.30. The zero-order valence-corrected chi connectivity index (χ0v) is 20.4. The van der Waals surface area contributed by atoms with Crippen molar-refractivity contribution in [3.8, 4) is 0 Å². The van der Waals surface area contributed by atoms with Crippen LogP contribution in [0.3, 0.4) is 0 Å². The van der Waals surface area contributed by atoms with Gasteiger partial charge < -0.3 is 10.2 Å². The number of amides is 2. The second-order valence-corrected chi connectivity index (χ2v) is 9.41. The van der Waals surface area contributed by atoms with Crippen molar-refractivity contribution in [2.75, 3.05) is 29.9 Å². The van der Waals surface area contributed by atoms with Crippen molar-refractivity contribution in [3.05, 3.63) is 101 Å². The first kappa shape index (κ1) is 22.9. The third-order valence-electron chi connectivity index (χ3n) is 7.04. The van der Waals surface area contributed by atoms with Crippen molar-refractivity contribution in [2.24, 2.45) is 0 Å². The third kappa shape index (κ3) is 4.72. The van der Waals surface area contributed by atoms with Crippen molar-refractivity contribution < 1.29 is 9.59 Å². The zero-order chi connectivity index (χ0) is 24.4. The lowest BCUT2D eigenvalue weighted by molar-refractivity contribution is -0.136. The van der Waals surface area contributed by atoms with Gasteiger partial charge in [0.2, 0.25) is 0 Å². The van der Waals surface area contributed by atoms with Gasteiger partial charge in [-0.05, 0) is 79.6 Å². The number of benzene rings is 3. The molecule has 5 nitrogen and oxygen atoms in total. The van der Waals surface area contributed by atoms with Crippen LogP contribution in [0.4, 0.5) is 11.4 Å². The summed E-state index contributed by atoms with van der Waals surface area (Å²) >= 11 is 0. The number of hydrogen-bond acceptors (Lipinski definition) is 4. The Balaban J connectivity index is 1.44. The summed E-state index contributed by atoms with van der Waals surface area (Å²) in [5.74, 6) is -0.520. The highest BCUT2D eigenvalue weighted by Gasteiger charge is 2.39. The molecule has 178 valence electrons. The molecule has 0 aliphatic carbocycles. The van der Waals surface area contributed by atoms with Crippen LogP contribution in [-0.2, 0) is 16.0 Å². The van der Waals surface area contributed by atoms with Crippen molar-refractivity contribution in [1.82, 2.24) is 4.90 Å². The molecule has 2 heterocycles. The Morgan fingerprint density at radius 1 is 0.800 bits per heavy atom. The molecule has 1 fully saturated rings. The van der Waals surface area contributed by atoms with E-state index in [1.165, 1.54) is 23.4 Å². The lowest BCUT2D eigenvalue weighted by Gasteiger charge is -2.18. The van der Waals surface area contributed by atoms with Gasteiger partial charge in [-0.2, -0.15) is 0 Å². The fourth-order valence-corrected chi connectivity index (χ4v) is 4.82. The molecule has 3 aromatic rings. The van der Waals surface area contributed by atoms with Crippen molar-refractivity contribution >= 4 is 28.8 Å². The zero-order valence-electron chi connectivity index (χ0n) is 20.4. The first-order valence-electron chi connectivity index (χ1n) is 12.4. The molecule has 0 spiro atoms. The average molecular weight is 466 g/mol. The third-order valence-corrected chi connectivity index (χ3v) is 7.04. The number of rotatable bonds is 7. The molecule has 0 saturated carbocycles. The van der Waals surface area contributed by atoms with Crippen molar-refractivity contribution in [3.63, 3.8) is 0 Å². The Morgan fingerprint density at radius 3 is 2.20 bits per heavy atom. The Kier molecular flexibility index (Phi) is 6.41. The highest BCUT2D eigenvalue weighted by atomic mass is 16.2. The molecule has 0 bridgehead atoms. The predicted molar refractivity (Wildman–Crippen MR) is 141 cm³/mol. The molecule has 0 aromatic heterocycles. The second kappa shape index (κ2) is 9.79. The van der Waals surface area contributed by atoms with E-state index < -0.39 is 0 Å². The number of hydrogen-bond donors (Lipinski definition) is 1.